The Labute approximate surface area is 96.2 Å². The standard InChI is InChI=1S/C11H11BrN2O/c1-7(2)14-10-4-3-8(6-15)5-9(10)11(12)13-14/h3-7H,1-2H3. The maximum absolute atomic E-state index is 10.7. The van der Waals surface area contributed by atoms with Gasteiger partial charge in [-0.2, -0.15) is 5.10 Å². The molecule has 3 nitrogen and oxygen atoms in total. The van der Waals surface area contributed by atoms with Gasteiger partial charge in [-0.25, -0.2) is 0 Å². The first kappa shape index (κ1) is 10.4. The highest BCUT2D eigenvalue weighted by molar-refractivity contribution is 9.10. The third-order valence-electron chi connectivity index (χ3n) is 2.31. The normalized spacial score (nSPS) is 11.2. The summed E-state index contributed by atoms with van der Waals surface area (Å²) in [4.78, 5) is 10.7. The van der Waals surface area contributed by atoms with E-state index in [4.69, 9.17) is 0 Å². The molecule has 0 unspecified atom stereocenters. The Morgan fingerprint density at radius 2 is 2.20 bits per heavy atom. The molecule has 0 aliphatic carbocycles. The zero-order chi connectivity index (χ0) is 11.0. The highest BCUT2D eigenvalue weighted by atomic mass is 79.9. The van der Waals surface area contributed by atoms with Crippen LogP contribution in [0.4, 0.5) is 0 Å². The molecule has 0 fully saturated rings. The molecule has 0 atom stereocenters. The zero-order valence-corrected chi connectivity index (χ0v) is 10.2. The fourth-order valence-corrected chi connectivity index (χ4v) is 2.08. The maximum atomic E-state index is 10.7. The molecule has 1 aromatic heterocycles. The highest BCUT2D eigenvalue weighted by Crippen LogP contribution is 2.26. The monoisotopic (exact) mass is 266 g/mol. The van der Waals surface area contributed by atoms with Crippen molar-refractivity contribution in [3.63, 3.8) is 0 Å². The zero-order valence-electron chi connectivity index (χ0n) is 8.57. The van der Waals surface area contributed by atoms with Crippen molar-refractivity contribution in [2.45, 2.75) is 19.9 Å². The van der Waals surface area contributed by atoms with Gasteiger partial charge >= 0.3 is 0 Å². The molecule has 0 saturated carbocycles. The summed E-state index contributed by atoms with van der Waals surface area (Å²) in [5.74, 6) is 0. The summed E-state index contributed by atoms with van der Waals surface area (Å²) in [6.07, 6.45) is 0.846. The number of fused-ring (bicyclic) bond motifs is 1. The van der Waals surface area contributed by atoms with Crippen LogP contribution in [-0.2, 0) is 0 Å². The molecule has 0 amide bonds. The van der Waals surface area contributed by atoms with Crippen molar-refractivity contribution >= 4 is 33.1 Å². The molecule has 1 aromatic carbocycles. The molecule has 78 valence electrons. The van der Waals surface area contributed by atoms with Gasteiger partial charge in [-0.05, 0) is 48.0 Å². The maximum Gasteiger partial charge on any atom is 0.150 e. The smallest absolute Gasteiger partial charge is 0.150 e. The third-order valence-corrected chi connectivity index (χ3v) is 2.90. The van der Waals surface area contributed by atoms with E-state index in [0.717, 1.165) is 21.8 Å². The number of hydrogen-bond acceptors (Lipinski definition) is 2. The van der Waals surface area contributed by atoms with Crippen LogP contribution >= 0.6 is 15.9 Å². The lowest BCUT2D eigenvalue weighted by molar-refractivity contribution is 0.112. The van der Waals surface area contributed by atoms with Crippen LogP contribution in [0.15, 0.2) is 22.8 Å². The molecule has 2 aromatic rings. The summed E-state index contributed by atoms with van der Waals surface area (Å²) >= 11 is 3.40. The molecule has 0 bridgehead atoms. The first-order chi connectivity index (χ1) is 7.13. The lowest BCUT2D eigenvalue weighted by Gasteiger charge is -2.06. The van der Waals surface area contributed by atoms with E-state index in [2.05, 4.69) is 34.9 Å². The molecule has 1 heterocycles. The molecule has 0 saturated heterocycles. The first-order valence-corrected chi connectivity index (χ1v) is 5.55. The average Bonchev–Trinajstić information content (AvgIpc) is 2.56. The third kappa shape index (κ3) is 1.69. The summed E-state index contributed by atoms with van der Waals surface area (Å²) in [6.45, 7) is 4.15. The molecule has 0 N–H and O–H groups in total. The quantitative estimate of drug-likeness (QED) is 0.783. The van der Waals surface area contributed by atoms with Crippen LogP contribution in [0.25, 0.3) is 10.9 Å². The van der Waals surface area contributed by atoms with Gasteiger partial charge in [0, 0.05) is 17.0 Å². The van der Waals surface area contributed by atoms with E-state index < -0.39 is 0 Å². The van der Waals surface area contributed by atoms with Gasteiger partial charge in [0.25, 0.3) is 0 Å². The van der Waals surface area contributed by atoms with Gasteiger partial charge in [0.1, 0.15) is 10.9 Å². The predicted molar refractivity (Wildman–Crippen MR) is 63.2 cm³/mol. The van der Waals surface area contributed by atoms with E-state index in [9.17, 15) is 4.79 Å². The van der Waals surface area contributed by atoms with Crippen LogP contribution in [0.2, 0.25) is 0 Å². The lowest BCUT2D eigenvalue weighted by atomic mass is 10.2. The number of nitrogens with zero attached hydrogens (tertiary/aromatic N) is 2. The van der Waals surface area contributed by atoms with Gasteiger partial charge < -0.3 is 0 Å². The average molecular weight is 267 g/mol. The topological polar surface area (TPSA) is 34.9 Å². The number of aldehydes is 1. The summed E-state index contributed by atoms with van der Waals surface area (Å²) in [5.41, 5.74) is 1.72. The number of carbonyl (C=O) groups excluding carboxylic acids is 1. The van der Waals surface area contributed by atoms with Crippen molar-refractivity contribution in [2.24, 2.45) is 0 Å². The second-order valence-electron chi connectivity index (χ2n) is 3.72. The number of benzene rings is 1. The van der Waals surface area contributed by atoms with Gasteiger partial charge in [-0.3, -0.25) is 9.48 Å². The molecule has 15 heavy (non-hydrogen) atoms. The number of aromatic nitrogens is 2. The minimum absolute atomic E-state index is 0.306. The van der Waals surface area contributed by atoms with Gasteiger partial charge in [-0.1, -0.05) is 0 Å². The number of hydrogen-bond donors (Lipinski definition) is 0. The SMILES string of the molecule is CC(C)n1nc(Br)c2cc(C=O)ccc21. The highest BCUT2D eigenvalue weighted by Gasteiger charge is 2.10. The van der Waals surface area contributed by atoms with Crippen molar-refractivity contribution in [2.75, 3.05) is 0 Å². The molecule has 0 radical (unpaired) electrons. The van der Waals surface area contributed by atoms with Crippen LogP contribution in [-0.4, -0.2) is 16.1 Å². The molecule has 4 heteroatoms. The largest absolute Gasteiger partial charge is 0.298 e. The Morgan fingerprint density at radius 1 is 1.47 bits per heavy atom. The Hall–Kier alpha value is -1.16. The van der Waals surface area contributed by atoms with Gasteiger partial charge in [0.05, 0.1) is 5.52 Å². The molecular formula is C11H11BrN2O. The van der Waals surface area contributed by atoms with Crippen molar-refractivity contribution in [3.05, 3.63) is 28.4 Å². The molecular weight excluding hydrogens is 256 g/mol. The van der Waals surface area contributed by atoms with Crippen molar-refractivity contribution in [3.8, 4) is 0 Å². The second kappa shape index (κ2) is 3.77. The van der Waals surface area contributed by atoms with E-state index in [0.29, 0.717) is 11.6 Å². The Morgan fingerprint density at radius 3 is 2.80 bits per heavy atom. The lowest BCUT2D eigenvalue weighted by Crippen LogP contribution is -2.01. The fraction of sp³-hybridized carbons (Fsp3) is 0.273. The van der Waals surface area contributed by atoms with Gasteiger partial charge in [0.2, 0.25) is 0 Å². The summed E-state index contributed by atoms with van der Waals surface area (Å²) in [6, 6.07) is 5.89. The van der Waals surface area contributed by atoms with Crippen LogP contribution in [0.3, 0.4) is 0 Å². The molecule has 2 rings (SSSR count). The first-order valence-electron chi connectivity index (χ1n) is 4.76. The van der Waals surface area contributed by atoms with Gasteiger partial charge in [0.15, 0.2) is 0 Å². The van der Waals surface area contributed by atoms with Crippen LogP contribution < -0.4 is 0 Å². The van der Waals surface area contributed by atoms with E-state index >= 15 is 0 Å². The van der Waals surface area contributed by atoms with Crippen LogP contribution in [0.1, 0.15) is 30.2 Å². The van der Waals surface area contributed by atoms with Crippen molar-refractivity contribution in [1.82, 2.24) is 9.78 Å². The number of carbonyl (C=O) groups is 1. The molecule has 0 aliphatic heterocycles. The molecule has 0 spiro atoms. The van der Waals surface area contributed by atoms with Crippen molar-refractivity contribution < 1.29 is 4.79 Å². The Kier molecular flexibility index (Phi) is 2.61. The van der Waals surface area contributed by atoms with Crippen LogP contribution in [0, 0.1) is 0 Å². The second-order valence-corrected chi connectivity index (χ2v) is 4.47. The predicted octanol–water partition coefficient (Wildman–Crippen LogP) is 3.19. The van der Waals surface area contributed by atoms with E-state index in [1.807, 2.05) is 22.9 Å². The van der Waals surface area contributed by atoms with E-state index in [1.165, 1.54) is 0 Å². The van der Waals surface area contributed by atoms with Gasteiger partial charge in [-0.15, -0.1) is 0 Å². The van der Waals surface area contributed by atoms with E-state index in [-0.39, 0.29) is 0 Å². The summed E-state index contributed by atoms with van der Waals surface area (Å²) in [7, 11) is 0. The number of halogens is 1. The fourth-order valence-electron chi connectivity index (χ4n) is 1.59. The molecule has 0 aliphatic rings. The summed E-state index contributed by atoms with van der Waals surface area (Å²) in [5, 5.41) is 5.36. The van der Waals surface area contributed by atoms with Crippen molar-refractivity contribution in [1.29, 1.82) is 0 Å². The van der Waals surface area contributed by atoms with E-state index in [1.54, 1.807) is 0 Å². The Bertz CT molecular complexity index is 517. The number of rotatable bonds is 2. The Balaban J connectivity index is 2.74. The summed E-state index contributed by atoms with van der Waals surface area (Å²) < 4.78 is 2.73. The van der Waals surface area contributed by atoms with Crippen LogP contribution in [0.5, 0.6) is 0 Å². The minimum atomic E-state index is 0.306. The minimum Gasteiger partial charge on any atom is -0.298 e.